The number of hydrogen-bond acceptors (Lipinski definition) is 2. The van der Waals surface area contributed by atoms with Crippen LogP contribution in [0.5, 0.6) is 0 Å². The summed E-state index contributed by atoms with van der Waals surface area (Å²) in [6.07, 6.45) is 1.16. The van der Waals surface area contributed by atoms with E-state index in [1.807, 2.05) is 12.1 Å². The summed E-state index contributed by atoms with van der Waals surface area (Å²) < 4.78 is 0. The van der Waals surface area contributed by atoms with Crippen LogP contribution in [-0.4, -0.2) is 25.7 Å². The van der Waals surface area contributed by atoms with Crippen molar-refractivity contribution in [2.75, 3.05) is 24.5 Å². The molecule has 1 atom stereocenters. The Kier molecular flexibility index (Phi) is 4.18. The van der Waals surface area contributed by atoms with Crippen molar-refractivity contribution >= 4 is 17.3 Å². The van der Waals surface area contributed by atoms with Crippen LogP contribution in [0.2, 0.25) is 5.02 Å². The number of nitrogens with zero attached hydrogens (tertiary/aromatic N) is 1. The molecule has 1 unspecified atom stereocenters. The molecule has 0 spiro atoms. The van der Waals surface area contributed by atoms with Crippen molar-refractivity contribution in [2.45, 2.75) is 33.2 Å². The van der Waals surface area contributed by atoms with Crippen molar-refractivity contribution in [1.82, 2.24) is 5.32 Å². The number of benzene rings is 1. The first kappa shape index (κ1) is 13.7. The summed E-state index contributed by atoms with van der Waals surface area (Å²) in [6.45, 7) is 10.1. The minimum atomic E-state index is 0.268. The van der Waals surface area contributed by atoms with Gasteiger partial charge in [-0.15, -0.1) is 0 Å². The van der Waals surface area contributed by atoms with E-state index in [-0.39, 0.29) is 5.41 Å². The first-order chi connectivity index (χ1) is 8.48. The SMILES string of the molecule is CC(C)(C)C1CN(c2ccccc2Cl)CCCN1. The van der Waals surface area contributed by atoms with Crippen LogP contribution in [0.1, 0.15) is 27.2 Å². The third-order valence-electron chi connectivity index (χ3n) is 3.64. The largest absolute Gasteiger partial charge is 0.369 e. The van der Waals surface area contributed by atoms with E-state index in [0.29, 0.717) is 6.04 Å². The Labute approximate surface area is 115 Å². The second-order valence-electron chi connectivity index (χ2n) is 6.12. The Morgan fingerprint density at radius 2 is 2.00 bits per heavy atom. The molecule has 0 radical (unpaired) electrons. The van der Waals surface area contributed by atoms with Gasteiger partial charge in [0.15, 0.2) is 0 Å². The van der Waals surface area contributed by atoms with Gasteiger partial charge in [0.25, 0.3) is 0 Å². The maximum Gasteiger partial charge on any atom is 0.0639 e. The molecule has 1 aliphatic rings. The van der Waals surface area contributed by atoms with Crippen molar-refractivity contribution in [3.63, 3.8) is 0 Å². The highest BCUT2D eigenvalue weighted by Crippen LogP contribution is 2.29. The van der Waals surface area contributed by atoms with Gasteiger partial charge in [-0.1, -0.05) is 44.5 Å². The van der Waals surface area contributed by atoms with Crippen molar-refractivity contribution in [3.8, 4) is 0 Å². The standard InChI is InChI=1S/C15H23ClN2/c1-15(2,3)14-11-18(10-6-9-17-14)13-8-5-4-7-12(13)16/h4-5,7-8,14,17H,6,9-11H2,1-3H3. The first-order valence-corrected chi connectivity index (χ1v) is 7.09. The number of nitrogens with one attached hydrogen (secondary N) is 1. The lowest BCUT2D eigenvalue weighted by Gasteiger charge is -2.34. The minimum absolute atomic E-state index is 0.268. The number of anilines is 1. The Morgan fingerprint density at radius 1 is 1.28 bits per heavy atom. The van der Waals surface area contributed by atoms with E-state index in [4.69, 9.17) is 11.6 Å². The molecule has 100 valence electrons. The zero-order valence-electron chi connectivity index (χ0n) is 11.5. The van der Waals surface area contributed by atoms with E-state index >= 15 is 0 Å². The molecule has 0 bridgehead atoms. The second kappa shape index (κ2) is 5.50. The second-order valence-corrected chi connectivity index (χ2v) is 6.53. The fourth-order valence-electron chi connectivity index (χ4n) is 2.43. The fraction of sp³-hybridized carbons (Fsp3) is 0.600. The van der Waals surface area contributed by atoms with E-state index < -0.39 is 0 Å². The van der Waals surface area contributed by atoms with Gasteiger partial charge in [0.05, 0.1) is 10.7 Å². The third-order valence-corrected chi connectivity index (χ3v) is 3.96. The van der Waals surface area contributed by atoms with Crippen LogP contribution in [0.3, 0.4) is 0 Å². The monoisotopic (exact) mass is 266 g/mol. The molecule has 1 aliphatic heterocycles. The van der Waals surface area contributed by atoms with Gasteiger partial charge in [0.1, 0.15) is 0 Å². The third kappa shape index (κ3) is 3.18. The number of para-hydroxylation sites is 1. The molecule has 3 heteroatoms. The molecule has 1 fully saturated rings. The Balaban J connectivity index is 2.20. The molecule has 1 aromatic rings. The molecule has 1 aromatic carbocycles. The predicted molar refractivity (Wildman–Crippen MR) is 79.5 cm³/mol. The van der Waals surface area contributed by atoms with Crippen LogP contribution < -0.4 is 10.2 Å². The topological polar surface area (TPSA) is 15.3 Å². The van der Waals surface area contributed by atoms with E-state index in [2.05, 4.69) is 43.1 Å². The van der Waals surface area contributed by atoms with Crippen LogP contribution in [0.15, 0.2) is 24.3 Å². The summed E-state index contributed by atoms with van der Waals surface area (Å²) >= 11 is 6.31. The van der Waals surface area contributed by atoms with E-state index in [1.54, 1.807) is 0 Å². The lowest BCUT2D eigenvalue weighted by atomic mass is 9.86. The summed E-state index contributed by atoms with van der Waals surface area (Å²) in [6, 6.07) is 8.64. The maximum absolute atomic E-state index is 6.31. The molecule has 2 rings (SSSR count). The summed E-state index contributed by atoms with van der Waals surface area (Å²) in [7, 11) is 0. The first-order valence-electron chi connectivity index (χ1n) is 6.71. The number of hydrogen-bond donors (Lipinski definition) is 1. The van der Waals surface area contributed by atoms with Crippen molar-refractivity contribution < 1.29 is 0 Å². The average Bonchev–Trinajstić information content (AvgIpc) is 2.54. The van der Waals surface area contributed by atoms with E-state index in [9.17, 15) is 0 Å². The molecule has 18 heavy (non-hydrogen) atoms. The minimum Gasteiger partial charge on any atom is -0.369 e. The molecule has 0 amide bonds. The molecular weight excluding hydrogens is 244 g/mol. The predicted octanol–water partition coefficient (Wildman–Crippen LogP) is 3.55. The quantitative estimate of drug-likeness (QED) is 0.836. The Hall–Kier alpha value is -0.730. The number of halogens is 1. The average molecular weight is 267 g/mol. The summed E-state index contributed by atoms with van der Waals surface area (Å²) in [4.78, 5) is 2.41. The molecule has 1 heterocycles. The van der Waals surface area contributed by atoms with Crippen molar-refractivity contribution in [3.05, 3.63) is 29.3 Å². The molecular formula is C15H23ClN2. The van der Waals surface area contributed by atoms with Gasteiger partial charge in [-0.2, -0.15) is 0 Å². The summed E-state index contributed by atoms with van der Waals surface area (Å²) in [5.74, 6) is 0. The van der Waals surface area contributed by atoms with Gasteiger partial charge in [-0.3, -0.25) is 0 Å². The summed E-state index contributed by atoms with van der Waals surface area (Å²) in [5, 5.41) is 4.51. The number of rotatable bonds is 1. The van der Waals surface area contributed by atoms with Gasteiger partial charge in [-0.25, -0.2) is 0 Å². The molecule has 1 saturated heterocycles. The van der Waals surface area contributed by atoms with Crippen molar-refractivity contribution in [2.24, 2.45) is 5.41 Å². The van der Waals surface area contributed by atoms with Crippen LogP contribution in [0, 0.1) is 5.41 Å². The molecule has 2 nitrogen and oxygen atoms in total. The smallest absolute Gasteiger partial charge is 0.0639 e. The highest BCUT2D eigenvalue weighted by Gasteiger charge is 2.28. The lowest BCUT2D eigenvalue weighted by Crippen LogP contribution is -2.46. The van der Waals surface area contributed by atoms with Gasteiger partial charge in [0.2, 0.25) is 0 Å². The normalized spacial score (nSPS) is 21.8. The fourth-order valence-corrected chi connectivity index (χ4v) is 2.68. The summed E-state index contributed by atoms with van der Waals surface area (Å²) in [5.41, 5.74) is 1.43. The van der Waals surface area contributed by atoms with E-state index in [1.165, 1.54) is 0 Å². The van der Waals surface area contributed by atoms with Gasteiger partial charge >= 0.3 is 0 Å². The molecule has 0 saturated carbocycles. The Bertz CT molecular complexity index is 398. The van der Waals surface area contributed by atoms with Crippen LogP contribution >= 0.6 is 11.6 Å². The zero-order valence-corrected chi connectivity index (χ0v) is 12.3. The van der Waals surface area contributed by atoms with Crippen molar-refractivity contribution in [1.29, 1.82) is 0 Å². The maximum atomic E-state index is 6.31. The van der Waals surface area contributed by atoms with Gasteiger partial charge in [0, 0.05) is 19.1 Å². The van der Waals surface area contributed by atoms with E-state index in [0.717, 1.165) is 36.8 Å². The van der Waals surface area contributed by atoms with Gasteiger partial charge < -0.3 is 10.2 Å². The van der Waals surface area contributed by atoms with Crippen LogP contribution in [-0.2, 0) is 0 Å². The lowest BCUT2D eigenvalue weighted by molar-refractivity contribution is 0.280. The van der Waals surface area contributed by atoms with Crippen LogP contribution in [0.25, 0.3) is 0 Å². The molecule has 1 N–H and O–H groups in total. The molecule has 0 aromatic heterocycles. The highest BCUT2D eigenvalue weighted by atomic mass is 35.5. The Morgan fingerprint density at radius 3 is 2.67 bits per heavy atom. The highest BCUT2D eigenvalue weighted by molar-refractivity contribution is 6.33. The zero-order chi connectivity index (χ0) is 13.2. The van der Waals surface area contributed by atoms with Gasteiger partial charge in [-0.05, 0) is 30.5 Å². The molecule has 0 aliphatic carbocycles. The van der Waals surface area contributed by atoms with Crippen LogP contribution in [0.4, 0.5) is 5.69 Å².